The maximum Gasteiger partial charge on any atom is 0.117 e. The second kappa shape index (κ2) is 4.05. The first-order chi connectivity index (χ1) is 5.25. The van der Waals surface area contributed by atoms with Gasteiger partial charge >= 0.3 is 0 Å². The summed E-state index contributed by atoms with van der Waals surface area (Å²) in [7, 11) is 0. The highest BCUT2D eigenvalue weighted by Gasteiger charge is 2.30. The van der Waals surface area contributed by atoms with Gasteiger partial charge in [0.25, 0.3) is 0 Å². The molecule has 1 aliphatic heterocycles. The number of rotatable bonds is 3. The van der Waals surface area contributed by atoms with Gasteiger partial charge in [-0.25, -0.2) is 4.39 Å². The van der Waals surface area contributed by atoms with E-state index in [0.717, 1.165) is 13.0 Å². The van der Waals surface area contributed by atoms with Crippen molar-refractivity contribution in [2.75, 3.05) is 13.1 Å². The zero-order valence-corrected chi connectivity index (χ0v) is 7.44. The molecule has 1 saturated heterocycles. The van der Waals surface area contributed by atoms with Crippen LogP contribution in [0.2, 0.25) is 0 Å². The number of hydrogen-bond donors (Lipinski definition) is 1. The summed E-state index contributed by atoms with van der Waals surface area (Å²) in [6.07, 6.45) is 1.73. The lowest BCUT2D eigenvalue weighted by Crippen LogP contribution is -2.21. The number of hydrogen-bond acceptors (Lipinski definition) is 1. The molecule has 1 heterocycles. The molecule has 0 aromatic rings. The van der Waals surface area contributed by atoms with Gasteiger partial charge in [-0.1, -0.05) is 26.7 Å². The van der Waals surface area contributed by atoms with E-state index >= 15 is 0 Å². The molecule has 0 aliphatic carbocycles. The number of halogens is 1. The number of nitrogens with one attached hydrogen (secondary N) is 1. The third-order valence-electron chi connectivity index (χ3n) is 2.66. The van der Waals surface area contributed by atoms with Gasteiger partial charge in [0.15, 0.2) is 0 Å². The van der Waals surface area contributed by atoms with E-state index in [-0.39, 0.29) is 5.92 Å². The highest BCUT2D eigenvalue weighted by atomic mass is 19.1. The lowest BCUT2D eigenvalue weighted by Gasteiger charge is -2.19. The molecule has 11 heavy (non-hydrogen) atoms. The molecule has 66 valence electrons. The molecular weight excluding hydrogens is 141 g/mol. The van der Waals surface area contributed by atoms with Crippen LogP contribution in [-0.4, -0.2) is 19.3 Å². The van der Waals surface area contributed by atoms with Gasteiger partial charge in [-0.15, -0.1) is 0 Å². The Kier molecular flexibility index (Phi) is 3.31. The van der Waals surface area contributed by atoms with Crippen LogP contribution in [0.5, 0.6) is 0 Å². The van der Waals surface area contributed by atoms with Gasteiger partial charge in [0.2, 0.25) is 0 Å². The van der Waals surface area contributed by atoms with Crippen LogP contribution >= 0.6 is 0 Å². The zero-order valence-electron chi connectivity index (χ0n) is 7.44. The van der Waals surface area contributed by atoms with E-state index in [1.807, 2.05) is 0 Å². The summed E-state index contributed by atoms with van der Waals surface area (Å²) >= 11 is 0. The van der Waals surface area contributed by atoms with Crippen LogP contribution in [0.1, 0.15) is 26.7 Å². The van der Waals surface area contributed by atoms with Crippen LogP contribution in [0.15, 0.2) is 0 Å². The average molecular weight is 159 g/mol. The molecule has 0 aromatic heterocycles. The normalized spacial score (nSPS) is 34.1. The minimum atomic E-state index is -0.600. The van der Waals surface area contributed by atoms with Crippen LogP contribution in [0.4, 0.5) is 4.39 Å². The van der Waals surface area contributed by atoms with Gasteiger partial charge < -0.3 is 5.32 Å². The van der Waals surface area contributed by atoms with Gasteiger partial charge in [0, 0.05) is 19.0 Å². The van der Waals surface area contributed by atoms with E-state index < -0.39 is 6.17 Å². The third-order valence-corrected chi connectivity index (χ3v) is 2.66. The van der Waals surface area contributed by atoms with Crippen molar-refractivity contribution in [1.29, 1.82) is 0 Å². The molecule has 0 amide bonds. The maximum absolute atomic E-state index is 13.1. The summed E-state index contributed by atoms with van der Waals surface area (Å²) in [6, 6.07) is 0. The van der Waals surface area contributed by atoms with Crippen molar-refractivity contribution < 1.29 is 4.39 Å². The predicted molar refractivity (Wildman–Crippen MR) is 45.3 cm³/mol. The minimum absolute atomic E-state index is 0.273. The number of alkyl halides is 1. The van der Waals surface area contributed by atoms with Crippen LogP contribution in [0.25, 0.3) is 0 Å². The molecule has 1 nitrogen and oxygen atoms in total. The van der Waals surface area contributed by atoms with Crippen molar-refractivity contribution >= 4 is 0 Å². The molecule has 1 rings (SSSR count). The van der Waals surface area contributed by atoms with Gasteiger partial charge in [0.1, 0.15) is 6.17 Å². The van der Waals surface area contributed by atoms with Crippen molar-refractivity contribution in [3.8, 4) is 0 Å². The molecule has 2 heteroatoms. The molecule has 0 radical (unpaired) electrons. The molecular formula is C9H18FN. The largest absolute Gasteiger partial charge is 0.313 e. The Balaban J connectivity index is 2.33. The van der Waals surface area contributed by atoms with Gasteiger partial charge in [0.05, 0.1) is 0 Å². The molecule has 0 bridgehead atoms. The standard InChI is InChI=1S/C9H18FN/c1-3-4-7(2)8-5-11-6-9(8)10/h7-9,11H,3-6H2,1-2H3/t7-,8?,9?/m0/s1. The first kappa shape index (κ1) is 8.98. The first-order valence-corrected chi connectivity index (χ1v) is 4.60. The van der Waals surface area contributed by atoms with E-state index in [4.69, 9.17) is 0 Å². The van der Waals surface area contributed by atoms with Crippen molar-refractivity contribution in [3.05, 3.63) is 0 Å². The Morgan fingerprint density at radius 3 is 2.73 bits per heavy atom. The Hall–Kier alpha value is -0.110. The molecule has 0 spiro atoms. The van der Waals surface area contributed by atoms with Crippen molar-refractivity contribution in [2.45, 2.75) is 32.9 Å². The lowest BCUT2D eigenvalue weighted by atomic mass is 9.89. The van der Waals surface area contributed by atoms with Crippen LogP contribution in [0, 0.1) is 11.8 Å². The predicted octanol–water partition coefficient (Wildman–Crippen LogP) is 1.98. The molecule has 0 aromatic carbocycles. The SMILES string of the molecule is CCC[C@H](C)C1CNCC1F. The molecule has 1 N–H and O–H groups in total. The van der Waals surface area contributed by atoms with Crippen LogP contribution < -0.4 is 5.32 Å². The maximum atomic E-state index is 13.1. The summed E-state index contributed by atoms with van der Waals surface area (Å²) in [4.78, 5) is 0. The second-order valence-electron chi connectivity index (χ2n) is 3.60. The van der Waals surface area contributed by atoms with Crippen LogP contribution in [-0.2, 0) is 0 Å². The van der Waals surface area contributed by atoms with Gasteiger partial charge in [-0.3, -0.25) is 0 Å². The Morgan fingerprint density at radius 1 is 1.55 bits per heavy atom. The topological polar surface area (TPSA) is 12.0 Å². The monoisotopic (exact) mass is 159 g/mol. The third kappa shape index (κ3) is 2.16. The highest BCUT2D eigenvalue weighted by molar-refractivity contribution is 4.83. The van der Waals surface area contributed by atoms with E-state index in [0.29, 0.717) is 12.5 Å². The fourth-order valence-electron chi connectivity index (χ4n) is 1.89. The molecule has 2 unspecified atom stereocenters. The summed E-state index contributed by atoms with van der Waals surface area (Å²) in [5, 5.41) is 3.09. The fraction of sp³-hybridized carbons (Fsp3) is 1.00. The Bertz CT molecular complexity index is 116. The lowest BCUT2D eigenvalue weighted by molar-refractivity contribution is 0.216. The Labute approximate surface area is 68.4 Å². The van der Waals surface area contributed by atoms with E-state index in [1.54, 1.807) is 0 Å². The van der Waals surface area contributed by atoms with Gasteiger partial charge in [-0.2, -0.15) is 0 Å². The molecule has 1 fully saturated rings. The van der Waals surface area contributed by atoms with Gasteiger partial charge in [-0.05, 0) is 5.92 Å². The average Bonchev–Trinajstić information content (AvgIpc) is 2.36. The van der Waals surface area contributed by atoms with Crippen molar-refractivity contribution in [1.82, 2.24) is 5.32 Å². The zero-order chi connectivity index (χ0) is 8.27. The molecule has 3 atom stereocenters. The van der Waals surface area contributed by atoms with Crippen molar-refractivity contribution in [3.63, 3.8) is 0 Å². The summed E-state index contributed by atoms with van der Waals surface area (Å²) < 4.78 is 13.1. The molecule has 1 aliphatic rings. The fourth-order valence-corrected chi connectivity index (χ4v) is 1.89. The quantitative estimate of drug-likeness (QED) is 0.664. The van der Waals surface area contributed by atoms with E-state index in [9.17, 15) is 4.39 Å². The van der Waals surface area contributed by atoms with Crippen LogP contribution in [0.3, 0.4) is 0 Å². The van der Waals surface area contributed by atoms with E-state index in [2.05, 4.69) is 19.2 Å². The summed E-state index contributed by atoms with van der Waals surface area (Å²) in [5.74, 6) is 0.819. The summed E-state index contributed by atoms with van der Waals surface area (Å²) in [5.41, 5.74) is 0. The minimum Gasteiger partial charge on any atom is -0.313 e. The second-order valence-corrected chi connectivity index (χ2v) is 3.60. The highest BCUT2D eigenvalue weighted by Crippen LogP contribution is 2.24. The smallest absolute Gasteiger partial charge is 0.117 e. The Morgan fingerprint density at radius 2 is 2.27 bits per heavy atom. The van der Waals surface area contributed by atoms with Crippen molar-refractivity contribution in [2.24, 2.45) is 11.8 Å². The first-order valence-electron chi connectivity index (χ1n) is 4.60. The van der Waals surface area contributed by atoms with E-state index in [1.165, 1.54) is 6.42 Å². The molecule has 0 saturated carbocycles. The summed E-state index contributed by atoms with van der Waals surface area (Å²) in [6.45, 7) is 5.76.